The van der Waals surface area contributed by atoms with Crippen LogP contribution in [0.4, 0.5) is 4.79 Å². The van der Waals surface area contributed by atoms with E-state index in [0.717, 1.165) is 15.7 Å². The predicted molar refractivity (Wildman–Crippen MR) is 94.1 cm³/mol. The Morgan fingerprint density at radius 1 is 1.29 bits per heavy atom. The van der Waals surface area contributed by atoms with Crippen molar-refractivity contribution in [2.24, 2.45) is 0 Å². The number of ether oxygens (including phenoxy) is 2. The molecule has 0 unspecified atom stereocenters. The molecular weight excluding hydrogens is 374 g/mol. The van der Waals surface area contributed by atoms with Gasteiger partial charge in [0.05, 0.1) is 0 Å². The fraction of sp³-hybridized carbons (Fsp3) is 0.353. The van der Waals surface area contributed by atoms with Crippen LogP contribution >= 0.6 is 15.9 Å². The van der Waals surface area contributed by atoms with Gasteiger partial charge in [0.25, 0.3) is 0 Å². The number of alkyl carbamates (subject to hydrolysis) is 1. The fourth-order valence-corrected chi connectivity index (χ4v) is 2.20. The highest BCUT2D eigenvalue weighted by Crippen LogP contribution is 2.25. The van der Waals surface area contributed by atoms with Crippen LogP contribution in [0.15, 0.2) is 34.9 Å². The molecule has 6 nitrogen and oxygen atoms in total. The summed E-state index contributed by atoms with van der Waals surface area (Å²) in [5.74, 6) is 0.588. The number of hydrogen-bond acceptors (Lipinski definition) is 5. The van der Waals surface area contributed by atoms with Gasteiger partial charge in [0, 0.05) is 22.9 Å². The molecular formula is C17H20BrN3O3. The maximum Gasteiger partial charge on any atom is 0.407 e. The lowest BCUT2D eigenvalue weighted by molar-refractivity contribution is 0.0523. The van der Waals surface area contributed by atoms with Crippen LogP contribution in [0.2, 0.25) is 0 Å². The Balaban J connectivity index is 2.04. The summed E-state index contributed by atoms with van der Waals surface area (Å²) in [4.78, 5) is 20.0. The molecule has 1 N–H and O–H groups in total. The molecule has 1 aromatic carbocycles. The molecule has 24 heavy (non-hydrogen) atoms. The standard InChI is InChI=1S/C17H20BrN3O3/c1-11-7-8-19-15(21-11)23-13-5-6-14(18)12(9-13)10-20-16(22)24-17(2,3)4/h5-9H,10H2,1-4H3,(H,20,22). The zero-order chi connectivity index (χ0) is 17.7. The van der Waals surface area contributed by atoms with Crippen molar-refractivity contribution in [3.63, 3.8) is 0 Å². The maximum atomic E-state index is 11.8. The first-order chi connectivity index (χ1) is 11.2. The molecule has 0 saturated heterocycles. The number of nitrogens with zero attached hydrogens (tertiary/aromatic N) is 2. The first-order valence-corrected chi connectivity index (χ1v) is 8.25. The number of aromatic nitrogens is 2. The van der Waals surface area contributed by atoms with Crippen molar-refractivity contribution < 1.29 is 14.3 Å². The minimum atomic E-state index is -0.533. The number of benzene rings is 1. The van der Waals surface area contributed by atoms with Crippen molar-refractivity contribution in [2.45, 2.75) is 39.8 Å². The molecule has 0 saturated carbocycles. The van der Waals surface area contributed by atoms with E-state index in [1.165, 1.54) is 0 Å². The van der Waals surface area contributed by atoms with Crippen LogP contribution in [0.3, 0.4) is 0 Å². The summed E-state index contributed by atoms with van der Waals surface area (Å²) < 4.78 is 11.7. The van der Waals surface area contributed by atoms with Crippen molar-refractivity contribution in [3.05, 3.63) is 46.2 Å². The topological polar surface area (TPSA) is 73.3 Å². The van der Waals surface area contributed by atoms with Crippen LogP contribution in [0.1, 0.15) is 32.0 Å². The molecule has 0 atom stereocenters. The number of nitrogens with one attached hydrogen (secondary N) is 1. The van der Waals surface area contributed by atoms with Gasteiger partial charge in [0.2, 0.25) is 0 Å². The van der Waals surface area contributed by atoms with Crippen LogP contribution < -0.4 is 10.1 Å². The second kappa shape index (κ2) is 7.61. The van der Waals surface area contributed by atoms with Crippen LogP contribution in [0.25, 0.3) is 0 Å². The van der Waals surface area contributed by atoms with E-state index in [2.05, 4.69) is 31.2 Å². The third-order valence-electron chi connectivity index (χ3n) is 2.82. The van der Waals surface area contributed by atoms with Gasteiger partial charge in [-0.2, -0.15) is 0 Å². The Morgan fingerprint density at radius 2 is 2.04 bits per heavy atom. The van der Waals surface area contributed by atoms with Gasteiger partial charge in [-0.3, -0.25) is 0 Å². The zero-order valence-corrected chi connectivity index (χ0v) is 15.7. The van der Waals surface area contributed by atoms with Crippen LogP contribution in [0.5, 0.6) is 11.8 Å². The van der Waals surface area contributed by atoms with Crippen LogP contribution in [0, 0.1) is 6.92 Å². The van der Waals surface area contributed by atoms with E-state index in [4.69, 9.17) is 9.47 Å². The van der Waals surface area contributed by atoms with E-state index in [9.17, 15) is 4.79 Å². The van der Waals surface area contributed by atoms with Crippen molar-refractivity contribution in [2.75, 3.05) is 0 Å². The normalized spacial score (nSPS) is 11.0. The average molecular weight is 394 g/mol. The van der Waals surface area contributed by atoms with E-state index >= 15 is 0 Å². The molecule has 0 fully saturated rings. The third-order valence-corrected chi connectivity index (χ3v) is 3.59. The van der Waals surface area contributed by atoms with Crippen molar-refractivity contribution in [3.8, 4) is 11.8 Å². The quantitative estimate of drug-likeness (QED) is 0.834. The monoisotopic (exact) mass is 393 g/mol. The minimum absolute atomic E-state index is 0.281. The largest absolute Gasteiger partial charge is 0.444 e. The summed E-state index contributed by atoms with van der Waals surface area (Å²) in [7, 11) is 0. The Bertz CT molecular complexity index is 729. The lowest BCUT2D eigenvalue weighted by Gasteiger charge is -2.20. The highest BCUT2D eigenvalue weighted by molar-refractivity contribution is 9.10. The van der Waals surface area contributed by atoms with Gasteiger partial charge in [-0.25, -0.2) is 14.8 Å². The molecule has 0 radical (unpaired) electrons. The van der Waals surface area contributed by atoms with Gasteiger partial charge in [-0.1, -0.05) is 15.9 Å². The number of hydrogen-bond donors (Lipinski definition) is 1. The number of carbonyl (C=O) groups excluding carboxylic acids is 1. The fourth-order valence-electron chi connectivity index (χ4n) is 1.81. The van der Waals surface area contributed by atoms with E-state index in [0.29, 0.717) is 12.3 Å². The van der Waals surface area contributed by atoms with Crippen LogP contribution in [-0.2, 0) is 11.3 Å². The molecule has 1 aromatic heterocycles. The molecule has 2 rings (SSSR count). The molecule has 0 aliphatic carbocycles. The molecule has 0 aliphatic heterocycles. The number of halogens is 1. The zero-order valence-electron chi connectivity index (χ0n) is 14.1. The van der Waals surface area contributed by atoms with E-state index in [-0.39, 0.29) is 6.01 Å². The van der Waals surface area contributed by atoms with Crippen LogP contribution in [-0.4, -0.2) is 21.7 Å². The average Bonchev–Trinajstić information content (AvgIpc) is 2.46. The smallest absolute Gasteiger partial charge is 0.407 e. The summed E-state index contributed by atoms with van der Waals surface area (Å²) in [5, 5.41) is 2.72. The van der Waals surface area contributed by atoms with Gasteiger partial charge in [-0.05, 0) is 57.5 Å². The molecule has 1 heterocycles. The lowest BCUT2D eigenvalue weighted by atomic mass is 10.2. The van der Waals surface area contributed by atoms with Gasteiger partial charge in [0.15, 0.2) is 0 Å². The Labute approximate surface area is 149 Å². The van der Waals surface area contributed by atoms with Gasteiger partial charge in [-0.15, -0.1) is 0 Å². The number of carbonyl (C=O) groups is 1. The predicted octanol–water partition coefficient (Wildman–Crippen LogP) is 4.36. The SMILES string of the molecule is Cc1ccnc(Oc2ccc(Br)c(CNC(=O)OC(C)(C)C)c2)n1. The minimum Gasteiger partial charge on any atom is -0.444 e. The molecule has 2 aromatic rings. The first-order valence-electron chi connectivity index (χ1n) is 7.46. The van der Waals surface area contributed by atoms with Crippen molar-refractivity contribution in [1.82, 2.24) is 15.3 Å². The van der Waals surface area contributed by atoms with E-state index in [1.54, 1.807) is 18.3 Å². The molecule has 0 bridgehead atoms. The lowest BCUT2D eigenvalue weighted by Crippen LogP contribution is -2.32. The Kier molecular flexibility index (Phi) is 5.77. The first kappa shape index (κ1) is 18.2. The number of aryl methyl sites for hydroxylation is 1. The second-order valence-corrected chi connectivity index (χ2v) is 7.05. The molecule has 0 spiro atoms. The number of amides is 1. The molecule has 128 valence electrons. The summed E-state index contributed by atoms with van der Waals surface area (Å²) >= 11 is 3.46. The molecule has 0 aliphatic rings. The van der Waals surface area contributed by atoms with E-state index < -0.39 is 11.7 Å². The summed E-state index contributed by atoms with van der Waals surface area (Å²) in [6.07, 6.45) is 1.17. The second-order valence-electron chi connectivity index (χ2n) is 6.19. The Hall–Kier alpha value is -2.15. The van der Waals surface area contributed by atoms with Gasteiger partial charge < -0.3 is 14.8 Å². The third kappa shape index (κ3) is 5.81. The highest BCUT2D eigenvalue weighted by Gasteiger charge is 2.16. The maximum absolute atomic E-state index is 11.8. The highest BCUT2D eigenvalue weighted by atomic mass is 79.9. The molecule has 1 amide bonds. The summed E-state index contributed by atoms with van der Waals surface area (Å²) in [6.45, 7) is 7.63. The van der Waals surface area contributed by atoms with Crippen molar-refractivity contribution in [1.29, 1.82) is 0 Å². The summed E-state index contributed by atoms with van der Waals surface area (Å²) in [5.41, 5.74) is 1.14. The Morgan fingerprint density at radius 3 is 2.71 bits per heavy atom. The van der Waals surface area contributed by atoms with Gasteiger partial charge in [0.1, 0.15) is 11.4 Å². The number of rotatable bonds is 4. The van der Waals surface area contributed by atoms with E-state index in [1.807, 2.05) is 39.8 Å². The van der Waals surface area contributed by atoms with Crippen molar-refractivity contribution >= 4 is 22.0 Å². The summed E-state index contributed by atoms with van der Waals surface area (Å²) in [6, 6.07) is 7.53. The molecule has 7 heteroatoms. The van der Waals surface area contributed by atoms with Gasteiger partial charge >= 0.3 is 12.1 Å².